The summed E-state index contributed by atoms with van der Waals surface area (Å²) >= 11 is 0. The molecule has 4 heteroatoms. The van der Waals surface area contributed by atoms with Crippen molar-refractivity contribution in [2.75, 3.05) is 6.54 Å². The van der Waals surface area contributed by atoms with Crippen molar-refractivity contribution in [2.24, 2.45) is 0 Å². The fourth-order valence-corrected chi connectivity index (χ4v) is 4.12. The van der Waals surface area contributed by atoms with Crippen molar-refractivity contribution >= 4 is 6.03 Å². The maximum Gasteiger partial charge on any atom is 0.315 e. The van der Waals surface area contributed by atoms with E-state index in [4.69, 9.17) is 4.74 Å². The zero-order valence-corrected chi connectivity index (χ0v) is 13.1. The molecule has 1 saturated carbocycles. The molecule has 3 aliphatic rings. The third kappa shape index (κ3) is 2.50. The van der Waals surface area contributed by atoms with Gasteiger partial charge in [0.05, 0.1) is 18.2 Å². The van der Waals surface area contributed by atoms with E-state index >= 15 is 0 Å². The lowest BCUT2D eigenvalue weighted by Crippen LogP contribution is -2.48. The summed E-state index contributed by atoms with van der Waals surface area (Å²) in [5.41, 5.74) is 2.87. The normalized spacial score (nSPS) is 31.0. The number of urea groups is 1. The van der Waals surface area contributed by atoms with Crippen molar-refractivity contribution in [1.82, 2.24) is 10.6 Å². The molecular formula is C18H24N2O2. The molecule has 22 heavy (non-hydrogen) atoms. The molecule has 118 valence electrons. The first-order valence-electron chi connectivity index (χ1n) is 8.42. The van der Waals surface area contributed by atoms with Gasteiger partial charge in [0, 0.05) is 12.0 Å². The summed E-state index contributed by atoms with van der Waals surface area (Å²) in [7, 11) is 0. The smallest absolute Gasteiger partial charge is 0.315 e. The third-order valence-corrected chi connectivity index (χ3v) is 5.58. The predicted molar refractivity (Wildman–Crippen MR) is 84.9 cm³/mol. The van der Waals surface area contributed by atoms with Gasteiger partial charge in [-0.3, -0.25) is 0 Å². The molecule has 3 atom stereocenters. The van der Waals surface area contributed by atoms with Gasteiger partial charge in [-0.2, -0.15) is 0 Å². The van der Waals surface area contributed by atoms with Crippen molar-refractivity contribution in [2.45, 2.75) is 62.7 Å². The lowest BCUT2D eigenvalue weighted by molar-refractivity contribution is 0.0981. The first-order valence-corrected chi connectivity index (χ1v) is 8.42. The minimum atomic E-state index is -0.0407. The van der Waals surface area contributed by atoms with E-state index in [1.54, 1.807) is 0 Å². The topological polar surface area (TPSA) is 50.4 Å². The van der Waals surface area contributed by atoms with Gasteiger partial charge in [0.15, 0.2) is 0 Å². The molecule has 0 spiro atoms. The highest BCUT2D eigenvalue weighted by atomic mass is 16.5. The average Bonchev–Trinajstić information content (AvgIpc) is 3.01. The van der Waals surface area contributed by atoms with Crippen molar-refractivity contribution in [1.29, 1.82) is 0 Å². The minimum absolute atomic E-state index is 0.0407. The molecule has 4 rings (SSSR count). The zero-order chi connectivity index (χ0) is 15.2. The van der Waals surface area contributed by atoms with Crippen molar-refractivity contribution < 1.29 is 9.53 Å². The van der Waals surface area contributed by atoms with Crippen LogP contribution in [-0.2, 0) is 10.2 Å². The summed E-state index contributed by atoms with van der Waals surface area (Å²) in [5.74, 6) is 0. The number of hydrogen-bond acceptors (Lipinski definition) is 2. The zero-order valence-electron chi connectivity index (χ0n) is 13.1. The van der Waals surface area contributed by atoms with Gasteiger partial charge in [-0.1, -0.05) is 24.3 Å². The Hall–Kier alpha value is -1.55. The van der Waals surface area contributed by atoms with Crippen LogP contribution in [0.5, 0.6) is 0 Å². The number of ether oxygens (including phenoxy) is 1. The number of amides is 2. The predicted octanol–water partition coefficient (Wildman–Crippen LogP) is 2.65. The van der Waals surface area contributed by atoms with Gasteiger partial charge < -0.3 is 15.4 Å². The van der Waals surface area contributed by atoms with Crippen LogP contribution in [0.25, 0.3) is 0 Å². The standard InChI is InChI=1S/C18H24N2O2/c1-12-4-2-3-5-14(12)18(8-9-18)11-19-17(21)20-15-10-13-6-7-16(15)22-13/h2-5,13,15-16H,6-11H2,1H3,(H2,19,20,21). The fourth-order valence-electron chi connectivity index (χ4n) is 4.12. The highest BCUT2D eigenvalue weighted by Gasteiger charge is 2.45. The van der Waals surface area contributed by atoms with Crippen LogP contribution in [0.4, 0.5) is 4.79 Å². The summed E-state index contributed by atoms with van der Waals surface area (Å²) in [6.45, 7) is 2.88. The van der Waals surface area contributed by atoms with Crippen LogP contribution in [0.2, 0.25) is 0 Å². The highest BCUT2D eigenvalue weighted by molar-refractivity contribution is 5.74. The lowest BCUT2D eigenvalue weighted by atomic mass is 9.92. The fraction of sp³-hybridized carbons (Fsp3) is 0.611. The van der Waals surface area contributed by atoms with E-state index in [0.717, 1.165) is 38.6 Å². The van der Waals surface area contributed by atoms with Gasteiger partial charge in [0.2, 0.25) is 0 Å². The number of aryl methyl sites for hydroxylation is 1. The maximum atomic E-state index is 12.2. The molecule has 3 unspecified atom stereocenters. The molecule has 2 bridgehead atoms. The Labute approximate surface area is 131 Å². The number of fused-ring (bicyclic) bond motifs is 2. The van der Waals surface area contributed by atoms with E-state index in [9.17, 15) is 4.79 Å². The molecule has 2 aliphatic heterocycles. The van der Waals surface area contributed by atoms with E-state index in [1.807, 2.05) is 0 Å². The first kappa shape index (κ1) is 14.1. The van der Waals surface area contributed by atoms with Gasteiger partial charge in [-0.15, -0.1) is 0 Å². The molecule has 3 fully saturated rings. The van der Waals surface area contributed by atoms with Gasteiger partial charge in [-0.05, 0) is 50.2 Å². The van der Waals surface area contributed by atoms with Crippen LogP contribution in [-0.4, -0.2) is 30.8 Å². The molecular weight excluding hydrogens is 276 g/mol. The molecule has 2 N–H and O–H groups in total. The van der Waals surface area contributed by atoms with E-state index in [0.29, 0.717) is 6.10 Å². The molecule has 1 aromatic carbocycles. The molecule has 0 aromatic heterocycles. The summed E-state index contributed by atoms with van der Waals surface area (Å²) in [4.78, 5) is 12.2. The van der Waals surface area contributed by atoms with E-state index in [1.165, 1.54) is 11.1 Å². The van der Waals surface area contributed by atoms with Crippen LogP contribution >= 0.6 is 0 Å². The maximum absolute atomic E-state index is 12.2. The Bertz CT molecular complexity index is 582. The van der Waals surface area contributed by atoms with Gasteiger partial charge in [-0.25, -0.2) is 4.79 Å². The Morgan fingerprint density at radius 3 is 2.77 bits per heavy atom. The number of rotatable bonds is 4. The Kier molecular flexibility index (Phi) is 3.37. The minimum Gasteiger partial charge on any atom is -0.373 e. The lowest BCUT2D eigenvalue weighted by Gasteiger charge is -2.22. The van der Waals surface area contributed by atoms with Crippen molar-refractivity contribution in [3.63, 3.8) is 0 Å². The molecule has 2 heterocycles. The van der Waals surface area contributed by atoms with Crippen LogP contribution in [0, 0.1) is 6.92 Å². The van der Waals surface area contributed by atoms with Crippen molar-refractivity contribution in [3.05, 3.63) is 35.4 Å². The van der Waals surface area contributed by atoms with E-state index in [2.05, 4.69) is 41.8 Å². The SMILES string of the molecule is Cc1ccccc1C1(CNC(=O)NC2CC3CCC2O3)CC1. The second-order valence-corrected chi connectivity index (χ2v) is 7.14. The van der Waals surface area contributed by atoms with Gasteiger partial charge in [0.25, 0.3) is 0 Å². The number of carbonyl (C=O) groups excluding carboxylic acids is 1. The summed E-state index contributed by atoms with van der Waals surface area (Å²) in [5, 5.41) is 6.19. The molecule has 0 radical (unpaired) electrons. The number of nitrogens with one attached hydrogen (secondary N) is 2. The largest absolute Gasteiger partial charge is 0.373 e. The van der Waals surface area contributed by atoms with Crippen molar-refractivity contribution in [3.8, 4) is 0 Å². The third-order valence-electron chi connectivity index (χ3n) is 5.58. The molecule has 1 aliphatic carbocycles. The summed E-state index contributed by atoms with van der Waals surface area (Å²) < 4.78 is 5.79. The molecule has 4 nitrogen and oxygen atoms in total. The summed E-state index contributed by atoms with van der Waals surface area (Å²) in [6, 6.07) is 8.68. The molecule has 2 amide bonds. The van der Waals surface area contributed by atoms with Gasteiger partial charge in [0.1, 0.15) is 0 Å². The number of benzene rings is 1. The first-order chi connectivity index (χ1) is 10.7. The highest BCUT2D eigenvalue weighted by Crippen LogP contribution is 2.48. The van der Waals surface area contributed by atoms with Crippen LogP contribution in [0.3, 0.4) is 0 Å². The second kappa shape index (κ2) is 5.27. The monoisotopic (exact) mass is 300 g/mol. The second-order valence-electron chi connectivity index (χ2n) is 7.14. The van der Waals surface area contributed by atoms with Gasteiger partial charge >= 0.3 is 6.03 Å². The Balaban J connectivity index is 1.33. The number of hydrogen-bond donors (Lipinski definition) is 2. The number of carbonyl (C=O) groups is 1. The quantitative estimate of drug-likeness (QED) is 0.898. The Morgan fingerprint density at radius 1 is 1.32 bits per heavy atom. The van der Waals surface area contributed by atoms with Crippen LogP contribution in [0.15, 0.2) is 24.3 Å². The van der Waals surface area contributed by atoms with E-state index < -0.39 is 0 Å². The Morgan fingerprint density at radius 2 is 2.14 bits per heavy atom. The van der Waals surface area contributed by atoms with Crippen LogP contribution in [0.1, 0.15) is 43.2 Å². The average molecular weight is 300 g/mol. The summed E-state index contributed by atoms with van der Waals surface area (Å²) in [6.07, 6.45) is 6.15. The molecule has 1 aromatic rings. The van der Waals surface area contributed by atoms with E-state index in [-0.39, 0.29) is 23.6 Å². The van der Waals surface area contributed by atoms with Crippen LogP contribution < -0.4 is 10.6 Å². The molecule has 2 saturated heterocycles.